The molecule has 0 saturated carbocycles. The van der Waals surface area contributed by atoms with Crippen LogP contribution in [-0.4, -0.2) is 9.97 Å². The molecule has 0 aliphatic carbocycles. The Bertz CT molecular complexity index is 609. The summed E-state index contributed by atoms with van der Waals surface area (Å²) in [4.78, 5) is 8.32. The number of hydrogen-bond acceptors (Lipinski definition) is 3. The first kappa shape index (κ1) is 14.3. The summed E-state index contributed by atoms with van der Waals surface area (Å²) >= 11 is 0. The van der Waals surface area contributed by atoms with Crippen molar-refractivity contribution in [1.29, 1.82) is 0 Å². The topological polar surface area (TPSA) is 51.8 Å². The van der Waals surface area contributed by atoms with E-state index in [2.05, 4.69) is 9.97 Å². The van der Waals surface area contributed by atoms with Gasteiger partial charge in [-0.05, 0) is 18.1 Å². The van der Waals surface area contributed by atoms with Crippen LogP contribution in [0.5, 0.6) is 0 Å². The summed E-state index contributed by atoms with van der Waals surface area (Å²) in [6.45, 7) is 1.93. The van der Waals surface area contributed by atoms with Crippen LogP contribution in [0.4, 0.5) is 19.0 Å². The zero-order valence-electron chi connectivity index (χ0n) is 10.9. The van der Waals surface area contributed by atoms with Gasteiger partial charge in [-0.3, -0.25) is 0 Å². The molecule has 0 aliphatic rings. The number of alkyl halides is 3. The second-order valence-electron chi connectivity index (χ2n) is 4.43. The molecule has 2 N–H and O–H groups in total. The van der Waals surface area contributed by atoms with Crippen LogP contribution in [0.1, 0.15) is 29.6 Å². The van der Waals surface area contributed by atoms with Gasteiger partial charge in [0.05, 0.1) is 5.56 Å². The molecule has 0 atom stereocenters. The van der Waals surface area contributed by atoms with Gasteiger partial charge in [0.1, 0.15) is 11.6 Å². The third-order valence-electron chi connectivity index (χ3n) is 2.82. The number of nitrogens with two attached hydrogens (primary N) is 1. The Morgan fingerprint density at radius 1 is 1.15 bits per heavy atom. The van der Waals surface area contributed by atoms with E-state index in [1.165, 1.54) is 6.07 Å². The number of hydrogen-bond donors (Lipinski definition) is 1. The van der Waals surface area contributed by atoms with Crippen molar-refractivity contribution in [3.05, 3.63) is 53.0 Å². The molecular weight excluding hydrogens is 267 g/mol. The Hall–Kier alpha value is -2.11. The summed E-state index contributed by atoms with van der Waals surface area (Å²) in [5.41, 5.74) is 6.27. The van der Waals surface area contributed by atoms with E-state index in [0.717, 1.165) is 17.8 Å². The zero-order chi connectivity index (χ0) is 14.8. The Balaban J connectivity index is 2.28. The molecular formula is C14H14F3N3. The Morgan fingerprint density at radius 2 is 1.90 bits per heavy atom. The molecule has 2 rings (SSSR count). The van der Waals surface area contributed by atoms with E-state index in [1.807, 2.05) is 6.92 Å². The van der Waals surface area contributed by atoms with Gasteiger partial charge in [0.25, 0.3) is 0 Å². The molecule has 1 aromatic carbocycles. The highest BCUT2D eigenvalue weighted by atomic mass is 19.4. The minimum absolute atomic E-state index is 0.224. The molecule has 0 fully saturated rings. The van der Waals surface area contributed by atoms with Crippen LogP contribution in [0.3, 0.4) is 0 Å². The van der Waals surface area contributed by atoms with Gasteiger partial charge in [-0.15, -0.1) is 0 Å². The maximum atomic E-state index is 12.6. The second-order valence-corrected chi connectivity index (χ2v) is 4.43. The maximum absolute atomic E-state index is 12.6. The van der Waals surface area contributed by atoms with E-state index >= 15 is 0 Å². The summed E-state index contributed by atoms with van der Waals surface area (Å²) in [5, 5.41) is 0. The lowest BCUT2D eigenvalue weighted by molar-refractivity contribution is -0.137. The highest BCUT2D eigenvalue weighted by Crippen LogP contribution is 2.29. The van der Waals surface area contributed by atoms with Crippen molar-refractivity contribution in [3.8, 4) is 0 Å². The van der Waals surface area contributed by atoms with Crippen LogP contribution < -0.4 is 5.73 Å². The number of nitrogen functional groups attached to an aromatic ring is 1. The third-order valence-corrected chi connectivity index (χ3v) is 2.82. The first-order chi connectivity index (χ1) is 9.38. The van der Waals surface area contributed by atoms with Crippen LogP contribution in [0.15, 0.2) is 30.3 Å². The SMILES string of the molecule is CCc1cc(N)nc(Cc2cccc(C(F)(F)F)c2)n1. The Labute approximate surface area is 114 Å². The fourth-order valence-electron chi connectivity index (χ4n) is 1.88. The number of aryl methyl sites for hydroxylation is 1. The average molecular weight is 281 g/mol. The molecule has 3 nitrogen and oxygen atoms in total. The molecule has 0 saturated heterocycles. The minimum Gasteiger partial charge on any atom is -0.384 e. The van der Waals surface area contributed by atoms with Crippen molar-refractivity contribution in [1.82, 2.24) is 9.97 Å². The summed E-state index contributed by atoms with van der Waals surface area (Å²) in [6.07, 6.45) is -3.43. The lowest BCUT2D eigenvalue weighted by atomic mass is 10.1. The van der Waals surface area contributed by atoms with E-state index in [-0.39, 0.29) is 6.42 Å². The van der Waals surface area contributed by atoms with E-state index in [1.54, 1.807) is 12.1 Å². The summed E-state index contributed by atoms with van der Waals surface area (Å²) in [5.74, 6) is 0.764. The van der Waals surface area contributed by atoms with Gasteiger partial charge in [-0.2, -0.15) is 13.2 Å². The average Bonchev–Trinajstić information content (AvgIpc) is 2.37. The summed E-state index contributed by atoms with van der Waals surface area (Å²) in [7, 11) is 0. The van der Waals surface area contributed by atoms with Crippen LogP contribution in [0.2, 0.25) is 0 Å². The van der Waals surface area contributed by atoms with Crippen LogP contribution in [0.25, 0.3) is 0 Å². The van der Waals surface area contributed by atoms with Crippen LogP contribution >= 0.6 is 0 Å². The Kier molecular flexibility index (Phi) is 3.92. The first-order valence-corrected chi connectivity index (χ1v) is 6.17. The fraction of sp³-hybridized carbons (Fsp3) is 0.286. The number of benzene rings is 1. The molecule has 0 amide bonds. The first-order valence-electron chi connectivity index (χ1n) is 6.17. The lowest BCUT2D eigenvalue weighted by Crippen LogP contribution is -2.07. The van der Waals surface area contributed by atoms with Crippen molar-refractivity contribution in [2.45, 2.75) is 25.9 Å². The zero-order valence-corrected chi connectivity index (χ0v) is 10.9. The van der Waals surface area contributed by atoms with Crippen LogP contribution in [-0.2, 0) is 19.0 Å². The van der Waals surface area contributed by atoms with Gasteiger partial charge >= 0.3 is 6.18 Å². The quantitative estimate of drug-likeness (QED) is 0.939. The smallest absolute Gasteiger partial charge is 0.384 e. The number of nitrogens with zero attached hydrogens (tertiary/aromatic N) is 2. The highest BCUT2D eigenvalue weighted by molar-refractivity contribution is 5.32. The van der Waals surface area contributed by atoms with Gasteiger partial charge in [-0.25, -0.2) is 9.97 Å². The molecule has 6 heteroatoms. The molecule has 0 spiro atoms. The lowest BCUT2D eigenvalue weighted by Gasteiger charge is -2.09. The maximum Gasteiger partial charge on any atom is 0.416 e. The molecule has 106 valence electrons. The van der Waals surface area contributed by atoms with Crippen molar-refractivity contribution in [3.63, 3.8) is 0 Å². The minimum atomic E-state index is -4.35. The van der Waals surface area contributed by atoms with Gasteiger partial charge < -0.3 is 5.73 Å². The fourth-order valence-corrected chi connectivity index (χ4v) is 1.88. The van der Waals surface area contributed by atoms with Gasteiger partial charge in [0.15, 0.2) is 0 Å². The van der Waals surface area contributed by atoms with Crippen molar-refractivity contribution >= 4 is 5.82 Å². The molecule has 2 aromatic rings. The predicted molar refractivity (Wildman–Crippen MR) is 70.1 cm³/mol. The molecule has 1 heterocycles. The number of aromatic nitrogens is 2. The van der Waals surface area contributed by atoms with E-state index in [0.29, 0.717) is 23.6 Å². The van der Waals surface area contributed by atoms with Crippen molar-refractivity contribution < 1.29 is 13.2 Å². The molecule has 0 radical (unpaired) electrons. The standard InChI is InChI=1S/C14H14F3N3/c1-2-11-8-12(18)20-13(19-11)7-9-4-3-5-10(6-9)14(15,16)17/h3-6,8H,2,7H2,1H3,(H2,18,19,20). The molecule has 0 aliphatic heterocycles. The second kappa shape index (κ2) is 5.48. The Morgan fingerprint density at radius 3 is 2.55 bits per heavy atom. The molecule has 0 bridgehead atoms. The van der Waals surface area contributed by atoms with Gasteiger partial charge in [0.2, 0.25) is 0 Å². The number of rotatable bonds is 3. The summed E-state index contributed by atoms with van der Waals surface area (Å²) in [6, 6.07) is 6.81. The summed E-state index contributed by atoms with van der Waals surface area (Å²) < 4.78 is 37.9. The monoisotopic (exact) mass is 281 g/mol. The van der Waals surface area contributed by atoms with E-state index in [4.69, 9.17) is 5.73 Å². The van der Waals surface area contributed by atoms with E-state index < -0.39 is 11.7 Å². The molecule has 0 unspecified atom stereocenters. The number of anilines is 1. The van der Waals surface area contributed by atoms with Crippen molar-refractivity contribution in [2.24, 2.45) is 0 Å². The van der Waals surface area contributed by atoms with Gasteiger partial charge in [0, 0.05) is 18.2 Å². The third kappa shape index (κ3) is 3.46. The highest BCUT2D eigenvalue weighted by Gasteiger charge is 2.30. The van der Waals surface area contributed by atoms with Crippen molar-refractivity contribution in [2.75, 3.05) is 5.73 Å². The predicted octanol–water partition coefficient (Wildman–Crippen LogP) is 3.23. The van der Waals surface area contributed by atoms with E-state index in [9.17, 15) is 13.2 Å². The van der Waals surface area contributed by atoms with Gasteiger partial charge in [-0.1, -0.05) is 25.1 Å². The van der Waals surface area contributed by atoms with Crippen LogP contribution in [0, 0.1) is 0 Å². The number of halogens is 3. The molecule has 1 aromatic heterocycles. The largest absolute Gasteiger partial charge is 0.416 e. The molecule has 20 heavy (non-hydrogen) atoms. The normalized spacial score (nSPS) is 11.6.